The minimum absolute atomic E-state index is 0.293. The number of aryl methyl sites for hydroxylation is 1. The number of aromatic nitrogens is 2. The SMILES string of the molecule is COc1ccc(OC)c(NC(=O)c2cc(C)nc(N3CCc4ccccc43)n2)c1. The van der Waals surface area contributed by atoms with E-state index >= 15 is 0 Å². The first-order valence-electron chi connectivity index (χ1n) is 9.33. The van der Waals surface area contributed by atoms with E-state index in [1.54, 1.807) is 38.5 Å². The first kappa shape index (κ1) is 18.7. The summed E-state index contributed by atoms with van der Waals surface area (Å²) in [6, 6.07) is 15.1. The van der Waals surface area contributed by atoms with Gasteiger partial charge in [0.25, 0.3) is 5.91 Å². The van der Waals surface area contributed by atoms with Gasteiger partial charge in [-0.25, -0.2) is 9.97 Å². The van der Waals surface area contributed by atoms with Crippen molar-refractivity contribution < 1.29 is 14.3 Å². The molecule has 1 N–H and O–H groups in total. The Bertz CT molecular complexity index is 1070. The maximum atomic E-state index is 12.9. The Hall–Kier alpha value is -3.61. The molecule has 1 aromatic heterocycles. The fourth-order valence-corrected chi connectivity index (χ4v) is 3.43. The van der Waals surface area contributed by atoms with Crippen molar-refractivity contribution in [3.63, 3.8) is 0 Å². The maximum Gasteiger partial charge on any atom is 0.274 e. The van der Waals surface area contributed by atoms with Crippen LogP contribution in [-0.2, 0) is 6.42 Å². The molecule has 0 atom stereocenters. The van der Waals surface area contributed by atoms with Gasteiger partial charge in [0.1, 0.15) is 17.2 Å². The Morgan fingerprint density at radius 1 is 1.07 bits per heavy atom. The third kappa shape index (κ3) is 3.71. The monoisotopic (exact) mass is 390 g/mol. The predicted molar refractivity (Wildman–Crippen MR) is 111 cm³/mol. The highest BCUT2D eigenvalue weighted by molar-refractivity contribution is 6.04. The van der Waals surface area contributed by atoms with Gasteiger partial charge in [0.05, 0.1) is 19.9 Å². The molecule has 0 bridgehead atoms. The van der Waals surface area contributed by atoms with Gasteiger partial charge in [0.2, 0.25) is 5.95 Å². The van der Waals surface area contributed by atoms with Crippen molar-refractivity contribution in [1.82, 2.24) is 9.97 Å². The molecule has 0 radical (unpaired) electrons. The zero-order valence-electron chi connectivity index (χ0n) is 16.6. The first-order chi connectivity index (χ1) is 14.1. The molecule has 7 nitrogen and oxygen atoms in total. The summed E-state index contributed by atoms with van der Waals surface area (Å²) in [5, 5.41) is 2.86. The molecule has 1 aliphatic heterocycles. The standard InChI is InChI=1S/C22H22N4O3/c1-14-12-18(21(27)24-17-13-16(28-2)8-9-20(17)29-3)25-22(23-14)26-11-10-15-6-4-5-7-19(15)26/h4-9,12-13H,10-11H2,1-3H3,(H,24,27). The van der Waals surface area contributed by atoms with Crippen molar-refractivity contribution in [2.75, 3.05) is 31.0 Å². The Morgan fingerprint density at radius 2 is 1.90 bits per heavy atom. The molecular formula is C22H22N4O3. The lowest BCUT2D eigenvalue weighted by molar-refractivity contribution is 0.102. The van der Waals surface area contributed by atoms with E-state index in [1.165, 1.54) is 5.56 Å². The minimum Gasteiger partial charge on any atom is -0.497 e. The number of anilines is 3. The Balaban J connectivity index is 1.64. The highest BCUT2D eigenvalue weighted by atomic mass is 16.5. The molecule has 0 saturated heterocycles. The minimum atomic E-state index is -0.337. The van der Waals surface area contributed by atoms with Gasteiger partial charge >= 0.3 is 0 Å². The Kier molecular flexibility index (Phi) is 5.03. The number of amides is 1. The van der Waals surface area contributed by atoms with Gasteiger partial charge in [-0.2, -0.15) is 0 Å². The second-order valence-corrected chi connectivity index (χ2v) is 6.75. The van der Waals surface area contributed by atoms with Gasteiger partial charge in [0, 0.05) is 24.0 Å². The van der Waals surface area contributed by atoms with E-state index in [-0.39, 0.29) is 5.91 Å². The quantitative estimate of drug-likeness (QED) is 0.715. The van der Waals surface area contributed by atoms with Crippen molar-refractivity contribution >= 4 is 23.2 Å². The van der Waals surface area contributed by atoms with E-state index in [9.17, 15) is 4.79 Å². The number of ether oxygens (including phenoxy) is 2. The van der Waals surface area contributed by atoms with Gasteiger partial charge < -0.3 is 19.7 Å². The number of carbonyl (C=O) groups is 1. The van der Waals surface area contributed by atoms with Crippen LogP contribution in [-0.4, -0.2) is 36.6 Å². The summed E-state index contributed by atoms with van der Waals surface area (Å²) in [5.41, 5.74) is 3.87. The van der Waals surface area contributed by atoms with E-state index in [4.69, 9.17) is 9.47 Å². The summed E-state index contributed by atoms with van der Waals surface area (Å²) in [5.74, 6) is 1.35. The normalized spacial score (nSPS) is 12.4. The molecule has 1 aliphatic rings. The number of benzene rings is 2. The fourth-order valence-electron chi connectivity index (χ4n) is 3.43. The Labute approximate surface area is 169 Å². The summed E-state index contributed by atoms with van der Waals surface area (Å²) in [7, 11) is 3.12. The van der Waals surface area contributed by atoms with Gasteiger partial charge in [-0.15, -0.1) is 0 Å². The summed E-state index contributed by atoms with van der Waals surface area (Å²) in [6.45, 7) is 2.64. The number of rotatable bonds is 5. The van der Waals surface area contributed by atoms with Crippen LogP contribution in [0.15, 0.2) is 48.5 Å². The number of para-hydroxylation sites is 1. The first-order valence-corrected chi connectivity index (χ1v) is 9.33. The van der Waals surface area contributed by atoms with E-state index in [1.807, 2.05) is 24.0 Å². The van der Waals surface area contributed by atoms with Crippen LogP contribution < -0.4 is 19.7 Å². The van der Waals surface area contributed by atoms with Crippen LogP contribution in [0.5, 0.6) is 11.5 Å². The van der Waals surface area contributed by atoms with Crippen LogP contribution in [0, 0.1) is 6.92 Å². The van der Waals surface area contributed by atoms with E-state index in [0.29, 0.717) is 28.8 Å². The molecular weight excluding hydrogens is 368 g/mol. The zero-order chi connectivity index (χ0) is 20.4. The lowest BCUT2D eigenvalue weighted by Gasteiger charge is -2.18. The van der Waals surface area contributed by atoms with Crippen molar-refractivity contribution in [2.24, 2.45) is 0 Å². The number of hydrogen-bond donors (Lipinski definition) is 1. The summed E-state index contributed by atoms with van der Waals surface area (Å²) < 4.78 is 10.6. The van der Waals surface area contributed by atoms with Crippen LogP contribution >= 0.6 is 0 Å². The second kappa shape index (κ2) is 7.79. The van der Waals surface area contributed by atoms with Crippen molar-refractivity contribution in [2.45, 2.75) is 13.3 Å². The largest absolute Gasteiger partial charge is 0.497 e. The molecule has 1 amide bonds. The smallest absolute Gasteiger partial charge is 0.274 e. The summed E-state index contributed by atoms with van der Waals surface area (Å²) in [4.78, 5) is 24.1. The number of nitrogens with zero attached hydrogens (tertiary/aromatic N) is 3. The lowest BCUT2D eigenvalue weighted by Crippen LogP contribution is -2.21. The summed E-state index contributed by atoms with van der Waals surface area (Å²) >= 11 is 0. The fraction of sp³-hybridized carbons (Fsp3) is 0.227. The van der Waals surface area contributed by atoms with E-state index in [0.717, 1.165) is 24.3 Å². The average Bonchev–Trinajstić information content (AvgIpc) is 3.17. The molecule has 29 heavy (non-hydrogen) atoms. The summed E-state index contributed by atoms with van der Waals surface area (Å²) in [6.07, 6.45) is 0.927. The topological polar surface area (TPSA) is 76.6 Å². The van der Waals surface area contributed by atoms with Crippen LogP contribution in [0.4, 0.5) is 17.3 Å². The lowest BCUT2D eigenvalue weighted by atomic mass is 10.2. The average molecular weight is 390 g/mol. The number of carbonyl (C=O) groups excluding carboxylic acids is 1. The number of hydrogen-bond acceptors (Lipinski definition) is 6. The van der Waals surface area contributed by atoms with E-state index in [2.05, 4.69) is 27.4 Å². The van der Waals surface area contributed by atoms with Crippen LogP contribution in [0.2, 0.25) is 0 Å². The third-order valence-electron chi connectivity index (χ3n) is 4.86. The highest BCUT2D eigenvalue weighted by Crippen LogP contribution is 2.33. The molecule has 0 fully saturated rings. The van der Waals surface area contributed by atoms with Crippen LogP contribution in [0.25, 0.3) is 0 Å². The number of nitrogens with one attached hydrogen (secondary N) is 1. The Morgan fingerprint density at radius 3 is 2.69 bits per heavy atom. The van der Waals surface area contributed by atoms with Crippen LogP contribution in [0.3, 0.4) is 0 Å². The van der Waals surface area contributed by atoms with Crippen LogP contribution in [0.1, 0.15) is 21.7 Å². The zero-order valence-corrected chi connectivity index (χ0v) is 16.6. The van der Waals surface area contributed by atoms with Gasteiger partial charge in [-0.1, -0.05) is 18.2 Å². The molecule has 0 saturated carbocycles. The van der Waals surface area contributed by atoms with Gasteiger partial charge in [-0.05, 0) is 43.2 Å². The predicted octanol–water partition coefficient (Wildman–Crippen LogP) is 3.75. The second-order valence-electron chi connectivity index (χ2n) is 6.75. The molecule has 2 heterocycles. The molecule has 2 aromatic carbocycles. The molecule has 3 aromatic rings. The van der Waals surface area contributed by atoms with Crippen molar-refractivity contribution in [3.05, 3.63) is 65.5 Å². The molecule has 148 valence electrons. The highest BCUT2D eigenvalue weighted by Gasteiger charge is 2.23. The third-order valence-corrected chi connectivity index (χ3v) is 4.86. The molecule has 7 heteroatoms. The number of fused-ring (bicyclic) bond motifs is 1. The number of methoxy groups -OCH3 is 2. The molecule has 0 aliphatic carbocycles. The maximum absolute atomic E-state index is 12.9. The molecule has 0 spiro atoms. The van der Waals surface area contributed by atoms with Gasteiger partial charge in [0.15, 0.2) is 0 Å². The van der Waals surface area contributed by atoms with E-state index < -0.39 is 0 Å². The molecule has 0 unspecified atom stereocenters. The van der Waals surface area contributed by atoms with Crippen molar-refractivity contribution in [1.29, 1.82) is 0 Å². The van der Waals surface area contributed by atoms with Crippen molar-refractivity contribution in [3.8, 4) is 11.5 Å². The van der Waals surface area contributed by atoms with Gasteiger partial charge in [-0.3, -0.25) is 4.79 Å². The molecule has 4 rings (SSSR count).